The van der Waals surface area contributed by atoms with Crippen LogP contribution in [0.25, 0.3) is 5.76 Å². The number of ether oxygens (including phenoxy) is 1. The van der Waals surface area contributed by atoms with Gasteiger partial charge in [0, 0.05) is 22.6 Å². The number of amides is 1. The number of nitro groups is 1. The fourth-order valence-corrected chi connectivity index (χ4v) is 4.88. The minimum Gasteiger partial charge on any atom is -0.507 e. The lowest BCUT2D eigenvalue weighted by atomic mass is 9.95. The highest BCUT2D eigenvalue weighted by Crippen LogP contribution is 2.44. The minimum absolute atomic E-state index is 0.186. The van der Waals surface area contributed by atoms with Gasteiger partial charge >= 0.3 is 5.91 Å². The summed E-state index contributed by atoms with van der Waals surface area (Å²) >= 11 is 7.40. The predicted molar refractivity (Wildman–Crippen MR) is 127 cm³/mol. The third-order valence-electron chi connectivity index (χ3n) is 5.49. The van der Waals surface area contributed by atoms with Gasteiger partial charge in [-0.1, -0.05) is 23.7 Å². The second kappa shape index (κ2) is 8.88. The Morgan fingerprint density at radius 1 is 1.24 bits per heavy atom. The van der Waals surface area contributed by atoms with Crippen molar-refractivity contribution in [2.24, 2.45) is 0 Å². The summed E-state index contributed by atoms with van der Waals surface area (Å²) < 4.78 is 5.13. The second-order valence-corrected chi connectivity index (χ2v) is 9.10. The van der Waals surface area contributed by atoms with E-state index >= 15 is 0 Å². The van der Waals surface area contributed by atoms with E-state index in [-0.39, 0.29) is 32.5 Å². The van der Waals surface area contributed by atoms with Crippen molar-refractivity contribution in [1.82, 2.24) is 4.98 Å². The molecule has 1 aliphatic rings. The number of rotatable bonds is 5. The summed E-state index contributed by atoms with van der Waals surface area (Å²) in [4.78, 5) is 43.6. The molecule has 34 heavy (non-hydrogen) atoms. The molecule has 0 radical (unpaired) electrons. The van der Waals surface area contributed by atoms with Crippen molar-refractivity contribution < 1.29 is 24.4 Å². The van der Waals surface area contributed by atoms with Gasteiger partial charge in [-0.25, -0.2) is 4.98 Å². The van der Waals surface area contributed by atoms with Gasteiger partial charge in [-0.3, -0.25) is 24.6 Å². The third-order valence-corrected chi connectivity index (χ3v) is 6.86. The van der Waals surface area contributed by atoms with E-state index in [1.165, 1.54) is 59.7 Å². The molecule has 9 nitrogen and oxygen atoms in total. The SMILES string of the molecule is COc1ccc(/C(O)=C2\C(=O)C(=O)N(c3nc(C)c(C)s3)[C@@H]2c2cccc([N+](=O)[O-])c2)cc1Cl. The molecule has 11 heteroatoms. The number of aliphatic hydroxyl groups is 1. The standard InChI is InChI=1S/C23H18ClN3O6S/c1-11-12(2)34-23(25-11)26-19(13-5-4-6-15(9-13)27(31)32)18(21(29)22(26)30)20(28)14-7-8-17(33-3)16(24)10-14/h4-10,19,28H,1-3H3/b20-18+/t19-/m1/s1. The van der Waals surface area contributed by atoms with E-state index in [1.54, 1.807) is 13.0 Å². The maximum atomic E-state index is 13.2. The number of halogens is 1. The summed E-state index contributed by atoms with van der Waals surface area (Å²) in [7, 11) is 1.44. The van der Waals surface area contributed by atoms with Crippen molar-refractivity contribution in [3.8, 4) is 5.75 Å². The lowest BCUT2D eigenvalue weighted by Gasteiger charge is -2.23. The number of ketones is 1. The van der Waals surface area contributed by atoms with E-state index < -0.39 is 28.4 Å². The van der Waals surface area contributed by atoms with Gasteiger partial charge in [0.1, 0.15) is 11.5 Å². The number of methoxy groups -OCH3 is 1. The number of aliphatic hydroxyl groups excluding tert-OH is 1. The van der Waals surface area contributed by atoms with Crippen LogP contribution in [0.4, 0.5) is 10.8 Å². The molecule has 1 N–H and O–H groups in total. The fourth-order valence-electron chi connectivity index (χ4n) is 3.68. The molecule has 1 amide bonds. The van der Waals surface area contributed by atoms with E-state index in [2.05, 4.69) is 4.98 Å². The second-order valence-electron chi connectivity index (χ2n) is 7.51. The number of carbonyl (C=O) groups excluding carboxylic acids is 2. The molecule has 0 saturated carbocycles. The number of benzene rings is 2. The molecule has 1 saturated heterocycles. The van der Waals surface area contributed by atoms with Crippen molar-refractivity contribution in [1.29, 1.82) is 0 Å². The highest BCUT2D eigenvalue weighted by atomic mass is 35.5. The Morgan fingerprint density at radius 2 is 1.97 bits per heavy atom. The number of hydrogen-bond acceptors (Lipinski definition) is 8. The number of carbonyl (C=O) groups is 2. The zero-order valence-electron chi connectivity index (χ0n) is 18.2. The number of non-ortho nitro benzene ring substituents is 1. The summed E-state index contributed by atoms with van der Waals surface area (Å²) in [5, 5.41) is 23.0. The van der Waals surface area contributed by atoms with Gasteiger partial charge in [0.25, 0.3) is 11.5 Å². The fraction of sp³-hybridized carbons (Fsp3) is 0.174. The van der Waals surface area contributed by atoms with E-state index in [9.17, 15) is 24.8 Å². The number of hydrogen-bond donors (Lipinski definition) is 1. The smallest absolute Gasteiger partial charge is 0.301 e. The third kappa shape index (κ3) is 3.91. The van der Waals surface area contributed by atoms with Gasteiger partial charge in [-0.05, 0) is 37.6 Å². The van der Waals surface area contributed by atoms with Crippen LogP contribution in [0.3, 0.4) is 0 Å². The molecular formula is C23H18ClN3O6S. The first-order valence-electron chi connectivity index (χ1n) is 9.97. The lowest BCUT2D eigenvalue weighted by Crippen LogP contribution is -2.29. The van der Waals surface area contributed by atoms with Gasteiger partial charge in [0.2, 0.25) is 0 Å². The summed E-state index contributed by atoms with van der Waals surface area (Å²) in [6.45, 7) is 3.60. The zero-order valence-corrected chi connectivity index (χ0v) is 19.8. The summed E-state index contributed by atoms with van der Waals surface area (Å²) in [5.74, 6) is -1.94. The Bertz CT molecular complexity index is 1360. The first kappa shape index (κ1) is 23.4. The maximum absolute atomic E-state index is 13.2. The summed E-state index contributed by atoms with van der Waals surface area (Å²) in [5.41, 5.74) is 0.701. The van der Waals surface area contributed by atoms with Gasteiger partial charge < -0.3 is 9.84 Å². The Morgan fingerprint density at radius 3 is 2.56 bits per heavy atom. The molecule has 0 spiro atoms. The van der Waals surface area contributed by atoms with Gasteiger partial charge in [-0.2, -0.15) is 0 Å². The Hall–Kier alpha value is -3.76. The Balaban J connectivity index is 1.97. The molecule has 1 aromatic heterocycles. The molecule has 1 fully saturated rings. The van der Waals surface area contributed by atoms with Crippen LogP contribution in [0.15, 0.2) is 48.0 Å². The van der Waals surface area contributed by atoms with Crippen LogP contribution >= 0.6 is 22.9 Å². The number of Topliss-reactive ketones (excluding diaryl/α,β-unsaturated/α-hetero) is 1. The normalized spacial score (nSPS) is 17.3. The van der Waals surface area contributed by atoms with Crippen molar-refractivity contribution in [3.05, 3.63) is 84.9 Å². The van der Waals surface area contributed by atoms with Gasteiger partial charge in [0.05, 0.1) is 34.4 Å². The van der Waals surface area contributed by atoms with Crippen LogP contribution in [0.1, 0.15) is 27.7 Å². The van der Waals surface area contributed by atoms with Crippen molar-refractivity contribution in [2.45, 2.75) is 19.9 Å². The van der Waals surface area contributed by atoms with E-state index in [0.717, 1.165) is 4.88 Å². The Kier molecular flexibility index (Phi) is 6.11. The highest BCUT2D eigenvalue weighted by molar-refractivity contribution is 7.16. The monoisotopic (exact) mass is 499 g/mol. The molecule has 2 aromatic carbocycles. The average molecular weight is 500 g/mol. The number of aryl methyl sites for hydroxylation is 2. The Labute approximate surface area is 203 Å². The van der Waals surface area contributed by atoms with Gasteiger partial charge in [-0.15, -0.1) is 11.3 Å². The van der Waals surface area contributed by atoms with Crippen molar-refractivity contribution in [3.63, 3.8) is 0 Å². The highest BCUT2D eigenvalue weighted by Gasteiger charge is 2.48. The molecule has 4 rings (SSSR count). The predicted octanol–water partition coefficient (Wildman–Crippen LogP) is 4.96. The first-order chi connectivity index (χ1) is 16.1. The number of nitrogens with zero attached hydrogens (tertiary/aromatic N) is 3. The molecule has 0 bridgehead atoms. The van der Waals surface area contributed by atoms with Crippen LogP contribution in [0.5, 0.6) is 5.75 Å². The number of anilines is 1. The van der Waals surface area contributed by atoms with Crippen LogP contribution in [-0.2, 0) is 9.59 Å². The molecule has 1 atom stereocenters. The number of nitro benzene ring substituents is 1. The van der Waals surface area contributed by atoms with E-state index in [4.69, 9.17) is 16.3 Å². The summed E-state index contributed by atoms with van der Waals surface area (Å²) in [6, 6.07) is 8.87. The van der Waals surface area contributed by atoms with Crippen LogP contribution in [0.2, 0.25) is 5.02 Å². The topological polar surface area (TPSA) is 123 Å². The van der Waals surface area contributed by atoms with Gasteiger partial charge in [0.15, 0.2) is 5.13 Å². The average Bonchev–Trinajstić information content (AvgIpc) is 3.28. The number of aromatic nitrogens is 1. The molecule has 0 aliphatic carbocycles. The minimum atomic E-state index is -1.13. The van der Waals surface area contributed by atoms with Crippen molar-refractivity contribution >= 4 is 51.2 Å². The lowest BCUT2D eigenvalue weighted by molar-refractivity contribution is -0.384. The quantitative estimate of drug-likeness (QED) is 0.173. The molecule has 3 aromatic rings. The van der Waals surface area contributed by atoms with E-state index in [0.29, 0.717) is 11.4 Å². The first-order valence-corrected chi connectivity index (χ1v) is 11.2. The van der Waals surface area contributed by atoms with E-state index in [1.807, 2.05) is 6.92 Å². The van der Waals surface area contributed by atoms with Crippen LogP contribution in [-0.4, -0.2) is 33.8 Å². The molecule has 2 heterocycles. The summed E-state index contributed by atoms with van der Waals surface area (Å²) in [6.07, 6.45) is 0. The van der Waals surface area contributed by atoms with Crippen LogP contribution < -0.4 is 9.64 Å². The molecule has 174 valence electrons. The maximum Gasteiger partial charge on any atom is 0.301 e. The van der Waals surface area contributed by atoms with Crippen molar-refractivity contribution in [2.75, 3.05) is 12.0 Å². The zero-order chi connectivity index (χ0) is 24.7. The largest absolute Gasteiger partial charge is 0.507 e. The number of thiazole rings is 1. The molecule has 1 aliphatic heterocycles. The van der Waals surface area contributed by atoms with Crippen LogP contribution in [0, 0.1) is 24.0 Å². The molecule has 0 unspecified atom stereocenters. The molecular weight excluding hydrogens is 482 g/mol.